The molecule has 0 saturated heterocycles. The Morgan fingerprint density at radius 2 is 1.11 bits per heavy atom. The molecule has 0 bridgehead atoms. The van der Waals surface area contributed by atoms with Crippen LogP contribution in [0.25, 0.3) is 0 Å². The number of benzene rings is 1. The maximum atomic E-state index is 15.2. The fourth-order valence-electron chi connectivity index (χ4n) is 4.22. The van der Waals surface area contributed by atoms with Crippen LogP contribution in [-0.4, -0.2) is 16.5 Å². The van der Waals surface area contributed by atoms with Crippen molar-refractivity contribution < 1.29 is 4.39 Å². The largest absolute Gasteiger partial charge is 0.419 e. The van der Waals surface area contributed by atoms with Gasteiger partial charge in [-0.1, -0.05) is 48.6 Å². The predicted octanol–water partition coefficient (Wildman–Crippen LogP) is 7.44. The van der Waals surface area contributed by atoms with Crippen molar-refractivity contribution in [2.24, 2.45) is 0 Å². The summed E-state index contributed by atoms with van der Waals surface area (Å²) in [5.74, 6) is -0.245. The molecule has 0 aliphatic rings. The molecule has 0 aliphatic heterocycles. The Morgan fingerprint density at radius 1 is 0.750 bits per heavy atom. The zero-order valence-electron chi connectivity index (χ0n) is 17.0. The highest BCUT2D eigenvalue weighted by atomic mass is 28.4. The molecule has 0 aromatic heterocycles. The van der Waals surface area contributed by atoms with E-state index in [9.17, 15) is 0 Å². The quantitative estimate of drug-likeness (QED) is 0.214. The Balaban J connectivity index is 3.94. The lowest BCUT2D eigenvalue weighted by atomic mass is 10.3. The maximum Gasteiger partial charge on any atom is 0.159 e. The summed E-state index contributed by atoms with van der Waals surface area (Å²) >= 11 is 0. The summed E-state index contributed by atoms with van der Waals surface area (Å²) in [6, 6.07) is 13.1. The minimum absolute atomic E-state index is 0.245. The van der Waals surface area contributed by atoms with Crippen LogP contribution in [-0.2, 0) is 0 Å². The van der Waals surface area contributed by atoms with Crippen molar-refractivity contribution in [3.05, 3.63) is 106 Å². The van der Waals surface area contributed by atoms with Gasteiger partial charge in [-0.05, 0) is 42.3 Å². The molecule has 0 atom stereocenters. The molecule has 1 radical (unpaired) electrons. The molecule has 4 heteroatoms. The third-order valence-electron chi connectivity index (χ3n) is 5.10. The molecule has 0 amide bonds. The summed E-state index contributed by atoms with van der Waals surface area (Å²) in [5.41, 5.74) is 0.553. The highest BCUT2D eigenvalue weighted by molar-refractivity contribution is 7.03. The Labute approximate surface area is 173 Å². The second kappa shape index (κ2) is 11.6. The van der Waals surface area contributed by atoms with Crippen LogP contribution in [0.2, 0.25) is 36.3 Å². The summed E-state index contributed by atoms with van der Waals surface area (Å²) in [6.07, 6.45) is 11.8. The number of hydrogen-bond acceptors (Lipinski definition) is 1. The predicted molar refractivity (Wildman–Crippen MR) is 129 cm³/mol. The third kappa shape index (κ3) is 5.21. The number of rotatable bonds is 15. The highest BCUT2D eigenvalue weighted by Gasteiger charge is 2.49. The smallest absolute Gasteiger partial charge is 0.159 e. The van der Waals surface area contributed by atoms with Crippen molar-refractivity contribution in [1.82, 2.24) is 0 Å². The lowest BCUT2D eigenvalue weighted by Gasteiger charge is -2.54. The summed E-state index contributed by atoms with van der Waals surface area (Å²) in [7, 11) is -4.64. The van der Waals surface area contributed by atoms with Crippen LogP contribution in [0.5, 0.6) is 0 Å². The summed E-state index contributed by atoms with van der Waals surface area (Å²) in [5, 5.41) is 0. The van der Waals surface area contributed by atoms with Crippen molar-refractivity contribution in [3.63, 3.8) is 0 Å². The molecule has 1 aromatic carbocycles. The minimum atomic E-state index is -2.32. The van der Waals surface area contributed by atoms with E-state index in [0.717, 1.165) is 36.3 Å². The van der Waals surface area contributed by atoms with Gasteiger partial charge < -0.3 is 4.23 Å². The highest BCUT2D eigenvalue weighted by Crippen LogP contribution is 2.42. The summed E-state index contributed by atoms with van der Waals surface area (Å²) in [4.78, 5) is 0. The van der Waals surface area contributed by atoms with E-state index in [-0.39, 0.29) is 5.82 Å². The van der Waals surface area contributed by atoms with Crippen LogP contribution in [0.4, 0.5) is 10.1 Å². The van der Waals surface area contributed by atoms with Gasteiger partial charge in [-0.2, -0.15) is 0 Å². The van der Waals surface area contributed by atoms with Gasteiger partial charge in [-0.25, -0.2) is 4.39 Å². The number of nitrogens with zero attached hydrogens (tertiary/aromatic N) is 1. The molecule has 1 nitrogen and oxygen atoms in total. The van der Waals surface area contributed by atoms with Crippen LogP contribution in [0.3, 0.4) is 0 Å². The first-order valence-electron chi connectivity index (χ1n) is 9.62. The molecule has 1 aromatic rings. The van der Waals surface area contributed by atoms with Crippen molar-refractivity contribution in [1.29, 1.82) is 0 Å². The molecule has 0 aliphatic carbocycles. The maximum absolute atomic E-state index is 15.2. The molecule has 0 N–H and O–H groups in total. The monoisotopic (exact) mass is 410 g/mol. The average Bonchev–Trinajstić information content (AvgIpc) is 2.65. The van der Waals surface area contributed by atoms with Crippen molar-refractivity contribution in [2.45, 2.75) is 36.3 Å². The van der Waals surface area contributed by atoms with Crippen LogP contribution in [0.15, 0.2) is 94.1 Å². The van der Waals surface area contributed by atoms with Crippen LogP contribution in [0, 0.1) is 11.9 Å². The van der Waals surface area contributed by atoms with E-state index in [2.05, 4.69) is 49.8 Å². The lowest BCUT2D eigenvalue weighted by molar-refractivity contribution is 0.629. The number of hydrogen-bond donors (Lipinski definition) is 0. The molecule has 28 heavy (non-hydrogen) atoms. The third-order valence-corrected chi connectivity index (χ3v) is 16.6. The van der Waals surface area contributed by atoms with Crippen LogP contribution >= 0.6 is 0 Å². The fourth-order valence-corrected chi connectivity index (χ4v) is 16.5. The van der Waals surface area contributed by atoms with E-state index in [4.69, 9.17) is 0 Å². The van der Waals surface area contributed by atoms with Gasteiger partial charge in [-0.3, -0.25) is 0 Å². The summed E-state index contributed by atoms with van der Waals surface area (Å²) in [6.45, 7) is 24.1. The molecule has 0 fully saturated rings. The van der Waals surface area contributed by atoms with Crippen LogP contribution < -0.4 is 4.23 Å². The Bertz CT molecular complexity index is 619. The summed E-state index contributed by atoms with van der Waals surface area (Å²) < 4.78 is 17.6. The van der Waals surface area contributed by atoms with Gasteiger partial charge in [0.2, 0.25) is 0 Å². The number of allylic oxidation sites excluding steroid dienone is 6. The Kier molecular flexibility index (Phi) is 9.90. The van der Waals surface area contributed by atoms with E-state index in [1.54, 1.807) is 12.1 Å². The van der Waals surface area contributed by atoms with Gasteiger partial charge in [0.15, 0.2) is 16.5 Å². The normalized spacial score (nSPS) is 11.3. The molecule has 149 valence electrons. The minimum Gasteiger partial charge on any atom is -0.419 e. The van der Waals surface area contributed by atoms with Gasteiger partial charge in [0.25, 0.3) is 0 Å². The molecule has 0 saturated carbocycles. The number of anilines is 1. The average molecular weight is 411 g/mol. The molecule has 0 spiro atoms. The van der Waals surface area contributed by atoms with Gasteiger partial charge >= 0.3 is 0 Å². The first kappa shape index (κ1) is 23.9. The van der Waals surface area contributed by atoms with E-state index < -0.39 is 16.5 Å². The van der Waals surface area contributed by atoms with Crippen LogP contribution in [0.1, 0.15) is 0 Å². The Morgan fingerprint density at radius 3 is 1.39 bits per heavy atom. The van der Waals surface area contributed by atoms with Gasteiger partial charge in [-0.15, -0.1) is 39.5 Å². The van der Waals surface area contributed by atoms with Gasteiger partial charge in [0.05, 0.1) is 5.69 Å². The molecule has 0 heterocycles. The van der Waals surface area contributed by atoms with Crippen molar-refractivity contribution in [2.75, 3.05) is 4.23 Å². The van der Waals surface area contributed by atoms with Crippen molar-refractivity contribution >= 4 is 22.2 Å². The van der Waals surface area contributed by atoms with E-state index >= 15 is 4.39 Å². The first-order valence-corrected chi connectivity index (χ1v) is 14.8. The number of para-hydroxylation sites is 1. The lowest BCUT2D eigenvalue weighted by Crippen LogP contribution is -2.67. The fraction of sp³-hybridized carbons (Fsp3) is 0.250. The zero-order valence-corrected chi connectivity index (χ0v) is 19.0. The SMILES string of the molecule is C=CC[Si](CC=C)(CC=C)N(c1[c]cccc1F)[Si](CC=C)(CC=C)CC=C. The molecular weight excluding hydrogens is 377 g/mol. The first-order chi connectivity index (χ1) is 13.5. The molecule has 1 rings (SSSR count). The zero-order chi connectivity index (χ0) is 21.0. The topological polar surface area (TPSA) is 3.24 Å². The van der Waals surface area contributed by atoms with E-state index in [1.807, 2.05) is 36.5 Å². The van der Waals surface area contributed by atoms with E-state index in [0.29, 0.717) is 5.69 Å². The van der Waals surface area contributed by atoms with Gasteiger partial charge in [0.1, 0.15) is 5.82 Å². The second-order valence-corrected chi connectivity index (χ2v) is 15.8. The van der Waals surface area contributed by atoms with Gasteiger partial charge in [0, 0.05) is 6.07 Å². The molecular formula is C24H33FNSi2. The standard InChI is InChI=1S/C24H33FNSi2/c1-7-17-27(18-8-2,19-9-3)26(24-16-14-13-15-23(24)25)28(20-10-4,21-11-5)22-12-6/h7-15H,1-6,17-22H2. The second-order valence-electron chi connectivity index (χ2n) is 7.11. The van der Waals surface area contributed by atoms with Crippen molar-refractivity contribution in [3.8, 4) is 0 Å². The van der Waals surface area contributed by atoms with E-state index in [1.165, 1.54) is 6.07 Å². The number of halogens is 1. The Hall–Kier alpha value is -2.18. The molecule has 0 unspecified atom stereocenters.